The lowest BCUT2D eigenvalue weighted by Gasteiger charge is -2.09. The van der Waals surface area contributed by atoms with Gasteiger partial charge in [0.2, 0.25) is 11.6 Å². The Morgan fingerprint density at radius 3 is 2.05 bits per heavy atom. The van der Waals surface area contributed by atoms with Crippen LogP contribution in [0.4, 0.5) is 4.39 Å². The summed E-state index contributed by atoms with van der Waals surface area (Å²) in [6, 6.07) is 9.77. The van der Waals surface area contributed by atoms with Crippen LogP contribution in [0.1, 0.15) is 22.0 Å². The summed E-state index contributed by atoms with van der Waals surface area (Å²) in [6.45, 7) is 0. The Balaban J connectivity index is 2.20. The predicted molar refractivity (Wildman–Crippen MR) is 68.8 cm³/mol. The van der Waals surface area contributed by atoms with Crippen LogP contribution >= 0.6 is 0 Å². The van der Waals surface area contributed by atoms with Gasteiger partial charge in [0.25, 0.3) is 0 Å². The number of hydrogen-bond donors (Lipinski definition) is 2. The lowest BCUT2D eigenvalue weighted by molar-refractivity contribution is -0.122. The van der Waals surface area contributed by atoms with Gasteiger partial charge in [0.05, 0.1) is 0 Å². The number of hydrogen-bond acceptors (Lipinski definition) is 4. The summed E-state index contributed by atoms with van der Waals surface area (Å²) in [6.07, 6.45) is -1.62. The Bertz CT molecular complexity index is 632. The van der Waals surface area contributed by atoms with Crippen molar-refractivity contribution in [1.82, 2.24) is 0 Å². The van der Waals surface area contributed by atoms with Gasteiger partial charge in [0.1, 0.15) is 17.7 Å². The minimum absolute atomic E-state index is 0.00854. The van der Waals surface area contributed by atoms with E-state index in [2.05, 4.69) is 0 Å². The van der Waals surface area contributed by atoms with Gasteiger partial charge in [-0.3, -0.25) is 9.59 Å². The van der Waals surface area contributed by atoms with Gasteiger partial charge < -0.3 is 10.2 Å². The largest absolute Gasteiger partial charge is 0.508 e. The molecule has 4 nitrogen and oxygen atoms in total. The number of phenolic OH excluding ortho intramolecular Hbond substituents is 1. The molecule has 0 fully saturated rings. The van der Waals surface area contributed by atoms with Gasteiger partial charge in [0, 0.05) is 5.56 Å². The Morgan fingerprint density at radius 2 is 1.50 bits per heavy atom. The molecule has 1 atom stereocenters. The van der Waals surface area contributed by atoms with Crippen LogP contribution in [-0.4, -0.2) is 21.8 Å². The summed E-state index contributed by atoms with van der Waals surface area (Å²) in [5.74, 6) is -2.45. The number of carbonyl (C=O) groups is 2. The fraction of sp³-hybridized carbons (Fsp3) is 0.0667. The van der Waals surface area contributed by atoms with E-state index < -0.39 is 23.5 Å². The second kappa shape index (κ2) is 5.63. The maximum atomic E-state index is 12.7. The van der Waals surface area contributed by atoms with Gasteiger partial charge in [-0.05, 0) is 42.0 Å². The van der Waals surface area contributed by atoms with Crippen LogP contribution in [0.2, 0.25) is 0 Å². The van der Waals surface area contributed by atoms with Gasteiger partial charge in [-0.1, -0.05) is 12.1 Å². The molecule has 20 heavy (non-hydrogen) atoms. The first-order valence-electron chi connectivity index (χ1n) is 5.80. The number of aliphatic hydroxyl groups is 1. The number of halogens is 1. The monoisotopic (exact) mass is 274 g/mol. The van der Waals surface area contributed by atoms with Crippen LogP contribution in [0.5, 0.6) is 5.75 Å². The average molecular weight is 274 g/mol. The maximum Gasteiger partial charge on any atom is 0.236 e. The van der Waals surface area contributed by atoms with Gasteiger partial charge in [0.15, 0.2) is 0 Å². The van der Waals surface area contributed by atoms with Crippen LogP contribution < -0.4 is 0 Å². The van der Waals surface area contributed by atoms with Crippen LogP contribution in [0.25, 0.3) is 0 Å². The highest BCUT2D eigenvalue weighted by Crippen LogP contribution is 2.19. The second-order valence-electron chi connectivity index (χ2n) is 4.19. The van der Waals surface area contributed by atoms with Crippen molar-refractivity contribution in [2.24, 2.45) is 0 Å². The highest BCUT2D eigenvalue weighted by molar-refractivity contribution is 6.45. The molecule has 0 saturated carbocycles. The molecule has 0 bridgehead atoms. The summed E-state index contributed by atoms with van der Waals surface area (Å²) in [5.41, 5.74) is 0.206. The van der Waals surface area contributed by atoms with Gasteiger partial charge in [-0.2, -0.15) is 0 Å². The Labute approximate surface area is 114 Å². The lowest BCUT2D eigenvalue weighted by atomic mass is 9.99. The topological polar surface area (TPSA) is 74.6 Å². The normalized spacial score (nSPS) is 11.9. The molecule has 102 valence electrons. The van der Waals surface area contributed by atoms with Crippen molar-refractivity contribution >= 4 is 11.6 Å². The smallest absolute Gasteiger partial charge is 0.236 e. The van der Waals surface area contributed by atoms with E-state index in [1.807, 2.05) is 0 Å². The second-order valence-corrected chi connectivity index (χ2v) is 4.19. The number of Topliss-reactive ketones (excluding diaryl/α,β-unsaturated/α-hetero) is 2. The SMILES string of the molecule is O=C(C(=O)C(O)c1ccc(O)cc1)c1ccc(F)cc1. The van der Waals surface area contributed by atoms with Crippen LogP contribution in [0.3, 0.4) is 0 Å². The summed E-state index contributed by atoms with van der Waals surface area (Å²) in [4.78, 5) is 23.7. The predicted octanol–water partition coefficient (Wildman–Crippen LogP) is 2.02. The lowest BCUT2D eigenvalue weighted by Crippen LogP contribution is -2.22. The van der Waals surface area contributed by atoms with Gasteiger partial charge in [-0.25, -0.2) is 4.39 Å². The van der Waals surface area contributed by atoms with Gasteiger partial charge >= 0.3 is 0 Å². The Kier molecular flexibility index (Phi) is 3.91. The van der Waals surface area contributed by atoms with Crippen molar-refractivity contribution < 1.29 is 24.2 Å². The third-order valence-corrected chi connectivity index (χ3v) is 2.79. The molecule has 1 unspecified atom stereocenters. The quantitative estimate of drug-likeness (QED) is 0.660. The van der Waals surface area contributed by atoms with E-state index in [-0.39, 0.29) is 16.9 Å². The summed E-state index contributed by atoms with van der Waals surface area (Å²) in [5, 5.41) is 19.0. The first-order valence-corrected chi connectivity index (χ1v) is 5.80. The number of carbonyl (C=O) groups excluding carboxylic acids is 2. The number of rotatable bonds is 4. The van der Waals surface area contributed by atoms with E-state index in [0.717, 1.165) is 12.1 Å². The van der Waals surface area contributed by atoms with Crippen molar-refractivity contribution in [1.29, 1.82) is 0 Å². The zero-order valence-electron chi connectivity index (χ0n) is 10.3. The van der Waals surface area contributed by atoms with Crippen LogP contribution in [-0.2, 0) is 4.79 Å². The Morgan fingerprint density at radius 1 is 0.950 bits per heavy atom. The molecule has 5 heteroatoms. The molecule has 2 aromatic carbocycles. The molecule has 0 saturated heterocycles. The minimum Gasteiger partial charge on any atom is -0.508 e. The molecule has 0 aromatic heterocycles. The molecule has 0 spiro atoms. The summed E-state index contributed by atoms with van der Waals surface area (Å²) >= 11 is 0. The van der Waals surface area contributed by atoms with Crippen molar-refractivity contribution in [2.75, 3.05) is 0 Å². The summed E-state index contributed by atoms with van der Waals surface area (Å²) < 4.78 is 12.7. The third kappa shape index (κ3) is 2.89. The number of phenols is 1. The molecular formula is C15H11FO4. The number of benzene rings is 2. The van der Waals surface area contributed by atoms with Crippen molar-refractivity contribution in [3.05, 3.63) is 65.5 Å². The first-order chi connectivity index (χ1) is 9.49. The van der Waals surface area contributed by atoms with Crippen LogP contribution in [0.15, 0.2) is 48.5 Å². The molecular weight excluding hydrogens is 263 g/mol. The fourth-order valence-electron chi connectivity index (χ4n) is 1.68. The van der Waals surface area contributed by atoms with Crippen molar-refractivity contribution in [3.8, 4) is 5.75 Å². The van der Waals surface area contributed by atoms with Crippen LogP contribution in [0, 0.1) is 5.82 Å². The molecule has 0 amide bonds. The average Bonchev–Trinajstić information content (AvgIpc) is 2.46. The van der Waals surface area contributed by atoms with Crippen molar-refractivity contribution in [2.45, 2.75) is 6.10 Å². The summed E-state index contributed by atoms with van der Waals surface area (Å²) in [7, 11) is 0. The van der Waals surface area contributed by atoms with E-state index in [1.165, 1.54) is 36.4 Å². The Hall–Kier alpha value is -2.53. The molecule has 0 heterocycles. The van der Waals surface area contributed by atoms with E-state index >= 15 is 0 Å². The van der Waals surface area contributed by atoms with E-state index in [0.29, 0.717) is 0 Å². The fourth-order valence-corrected chi connectivity index (χ4v) is 1.68. The third-order valence-electron chi connectivity index (χ3n) is 2.79. The molecule has 0 aliphatic rings. The molecule has 0 aliphatic carbocycles. The number of aliphatic hydroxyl groups excluding tert-OH is 1. The zero-order chi connectivity index (χ0) is 14.7. The number of aromatic hydroxyl groups is 1. The zero-order valence-corrected chi connectivity index (χ0v) is 10.3. The first kappa shape index (κ1) is 13.9. The minimum atomic E-state index is -1.62. The van der Waals surface area contributed by atoms with E-state index in [4.69, 9.17) is 5.11 Å². The maximum absolute atomic E-state index is 12.7. The highest BCUT2D eigenvalue weighted by atomic mass is 19.1. The van der Waals surface area contributed by atoms with E-state index in [9.17, 15) is 19.1 Å². The molecule has 0 radical (unpaired) electrons. The number of ketones is 2. The molecule has 2 N–H and O–H groups in total. The van der Waals surface area contributed by atoms with Gasteiger partial charge in [-0.15, -0.1) is 0 Å². The molecule has 0 aliphatic heterocycles. The van der Waals surface area contributed by atoms with Crippen molar-refractivity contribution in [3.63, 3.8) is 0 Å². The standard InChI is InChI=1S/C15H11FO4/c16-11-5-1-9(2-6-11)13(18)15(20)14(19)10-3-7-12(17)8-4-10/h1-8,14,17,19H. The molecule has 2 rings (SSSR count). The molecule has 2 aromatic rings. The van der Waals surface area contributed by atoms with E-state index in [1.54, 1.807) is 0 Å². The highest BCUT2D eigenvalue weighted by Gasteiger charge is 2.25.